The third kappa shape index (κ3) is 24.3. The average molecular weight is 1440 g/mol. The van der Waals surface area contributed by atoms with Gasteiger partial charge in [-0.2, -0.15) is 21.6 Å². The van der Waals surface area contributed by atoms with Crippen LogP contribution in [0.1, 0.15) is 212 Å². The molecule has 26 heteroatoms. The first-order valence-corrected chi connectivity index (χ1v) is 38.1. The minimum absolute atomic E-state index is 0.00694. The minimum atomic E-state index is -6.13. The number of benzene rings is 2. The summed E-state index contributed by atoms with van der Waals surface area (Å²) in [6.45, 7) is 55.6. The molecule has 2 amide bonds. The highest BCUT2D eigenvalue weighted by atomic mass is 32.2. The number of ether oxygens (including phenoxy) is 10. The molecule has 0 unspecified atom stereocenters. The Bertz CT molecular complexity index is 3360. The zero-order valence-corrected chi connectivity index (χ0v) is 65.2. The van der Waals surface area contributed by atoms with E-state index in [1.807, 2.05) is 86.6 Å². The average Bonchev–Trinajstić information content (AvgIpc) is 1.49. The Morgan fingerprint density at radius 3 is 1.44 bits per heavy atom. The normalized spacial score (nSPS) is 22.3. The highest BCUT2D eigenvalue weighted by molar-refractivity contribution is 7.88. The molecule has 4 aliphatic rings. The summed E-state index contributed by atoms with van der Waals surface area (Å²) in [4.78, 5) is 53.6. The van der Waals surface area contributed by atoms with Crippen LogP contribution < -0.4 is 23.5 Å². The van der Waals surface area contributed by atoms with Crippen molar-refractivity contribution in [1.29, 1.82) is 0 Å². The molecule has 6 rings (SSSR count). The Kier molecular flexibility index (Phi) is 28.1. The van der Waals surface area contributed by atoms with Crippen molar-refractivity contribution in [2.75, 3.05) is 22.9 Å². The lowest BCUT2D eigenvalue weighted by molar-refractivity contribution is -0.148. The summed E-state index contributed by atoms with van der Waals surface area (Å²) in [5.74, 6) is -5.89. The number of anilines is 2. The summed E-state index contributed by atoms with van der Waals surface area (Å²) in [6.07, 6.45) is 13.7. The fourth-order valence-corrected chi connectivity index (χ4v) is 12.5. The first-order valence-electron chi connectivity index (χ1n) is 33.8. The molecule has 0 aliphatic carbocycles. The van der Waals surface area contributed by atoms with Crippen LogP contribution in [0.3, 0.4) is 0 Å². The van der Waals surface area contributed by atoms with E-state index in [-0.39, 0.29) is 71.3 Å². The molecular formula is C73H113F3N2O19SSi. The van der Waals surface area contributed by atoms with Gasteiger partial charge in [-0.15, -0.1) is 6.58 Å². The van der Waals surface area contributed by atoms with Crippen LogP contribution in [0.2, 0.25) is 18.1 Å². The van der Waals surface area contributed by atoms with Crippen LogP contribution in [0.5, 0.6) is 17.2 Å². The standard InChI is InChI=1S/C33H49NO8.C22H42O3Si.C18H22F3NO8S/c1-12-34(30(37)42-31(5,6)7)24-18-23(27-26(19-24)39-33(10,11)41-29(27)36)14-13-15-25-28(40-32(8,9)38-25)21(3)17-16-20(2)22(4)35;1-12-13-19-20(24-22(8,9)23-19)17(3)15-14-16(2)18(4)25-26(10,11)21(5,6)7;1-7-22(15(24)29-16(2,3)4)10-8-11-13(14(23)28-17(5,6)27-11)12(9-10)30-31(25,26)18(19,20)21/h13-14,16-22,25,28,35H,12,15H2,1-11H3;12,14-20H,1,13H2,2-11H3;8-9H,7H2,1-6H3/b14-13+,17-16-;15-14-;/t20-,21-,22+,25+,28-;16-,17-,18+,19+,20-;/m11./s1. The molecule has 4 aliphatic heterocycles. The molecular weight excluding hydrogens is 1330 g/mol. The molecule has 0 bridgehead atoms. The Labute approximate surface area is 587 Å². The van der Waals surface area contributed by atoms with Gasteiger partial charge < -0.3 is 61.1 Å². The molecule has 560 valence electrons. The predicted molar refractivity (Wildman–Crippen MR) is 378 cm³/mol. The smallest absolute Gasteiger partial charge is 0.452 e. The number of carbonyl (C=O) groups excluding carboxylic acids is 4. The van der Waals surface area contributed by atoms with Crippen LogP contribution in [-0.2, 0) is 52.4 Å². The monoisotopic (exact) mass is 1440 g/mol. The third-order valence-electron chi connectivity index (χ3n) is 16.7. The molecule has 1 N–H and O–H groups in total. The number of esters is 2. The van der Waals surface area contributed by atoms with Crippen LogP contribution >= 0.6 is 0 Å². The van der Waals surface area contributed by atoms with Crippen LogP contribution in [0.25, 0.3) is 6.08 Å². The van der Waals surface area contributed by atoms with Gasteiger partial charge in [0.2, 0.25) is 11.6 Å². The van der Waals surface area contributed by atoms with E-state index in [9.17, 15) is 45.9 Å². The SMILES string of the molecule is C=CC[C@@H]1OC(C)(C)O[C@@H]1[C@H](C)/C=C\[C@@H](C)[C@H](C)O[Si](C)(C)C(C)(C)C.CCN(C(=O)OC(C)(C)C)c1cc(/C=C/C[C@@H]2OC(C)(C)O[C@@H]2[C@H](C)/C=C\[C@@H](C)[C@H](C)O)c2c(c1)OC(C)(C)OC2=O.CCN(C(=O)OC(C)(C)C)c1cc2c(c(OS(=O)(=O)C(F)(F)F)c1)C(=O)OC(C)(C)O2. The van der Waals surface area contributed by atoms with Gasteiger partial charge in [-0.3, -0.25) is 9.80 Å². The van der Waals surface area contributed by atoms with Gasteiger partial charge in [0.1, 0.15) is 33.8 Å². The van der Waals surface area contributed by atoms with Crippen molar-refractivity contribution < 1.29 is 102 Å². The summed E-state index contributed by atoms with van der Waals surface area (Å²) in [6, 6.07) is 5.41. The molecule has 0 spiro atoms. The van der Waals surface area contributed by atoms with E-state index in [1.54, 1.807) is 60.6 Å². The van der Waals surface area contributed by atoms with Crippen LogP contribution in [0.4, 0.5) is 34.1 Å². The summed E-state index contributed by atoms with van der Waals surface area (Å²) < 4.78 is 130. The summed E-state index contributed by atoms with van der Waals surface area (Å²) in [5, 5.41) is 10.1. The van der Waals surface area contributed by atoms with Crippen LogP contribution in [0, 0.1) is 23.7 Å². The van der Waals surface area contributed by atoms with Crippen LogP contribution in [-0.4, -0.2) is 136 Å². The number of aliphatic hydroxyl groups excluding tert-OH is 1. The van der Waals surface area contributed by atoms with E-state index in [4.69, 9.17) is 51.8 Å². The van der Waals surface area contributed by atoms with Crippen molar-refractivity contribution in [3.63, 3.8) is 0 Å². The molecule has 2 saturated heterocycles. The fourth-order valence-electron chi connectivity index (χ4n) is 10.5. The van der Waals surface area contributed by atoms with Crippen molar-refractivity contribution in [3.05, 3.63) is 84.0 Å². The summed E-state index contributed by atoms with van der Waals surface area (Å²) in [7, 11) is -7.88. The molecule has 0 radical (unpaired) electrons. The number of amides is 2. The second-order valence-electron chi connectivity index (χ2n) is 30.9. The number of nitrogens with zero attached hydrogens (tertiary/aromatic N) is 2. The van der Waals surface area contributed by atoms with E-state index in [1.165, 1.54) is 24.8 Å². The Morgan fingerprint density at radius 1 is 0.626 bits per heavy atom. The number of alkyl halides is 3. The quantitative estimate of drug-likeness (QED) is 0.0305. The lowest BCUT2D eigenvalue weighted by atomic mass is 9.94. The molecule has 2 aromatic carbocycles. The number of hydrogen-bond acceptors (Lipinski definition) is 19. The molecule has 0 aromatic heterocycles. The first-order chi connectivity index (χ1) is 44.9. The third-order valence-corrected chi connectivity index (χ3v) is 22.2. The largest absolute Gasteiger partial charge is 0.534 e. The maximum atomic E-state index is 13.1. The number of halogens is 3. The Hall–Kier alpha value is -6.00. The Balaban J connectivity index is 0.000000326. The molecule has 2 fully saturated rings. The minimum Gasteiger partial charge on any atom is -0.452 e. The molecule has 99 heavy (non-hydrogen) atoms. The molecule has 21 nitrogen and oxygen atoms in total. The van der Waals surface area contributed by atoms with Gasteiger partial charge in [-0.25, -0.2) is 19.2 Å². The molecule has 4 heterocycles. The second kappa shape index (κ2) is 32.5. The first kappa shape index (κ1) is 85.4. The molecule has 2 aromatic rings. The van der Waals surface area contributed by atoms with Crippen molar-refractivity contribution in [2.45, 2.75) is 281 Å². The van der Waals surface area contributed by atoms with Crippen molar-refractivity contribution in [1.82, 2.24) is 0 Å². The van der Waals surface area contributed by atoms with Gasteiger partial charge >= 0.3 is 39.8 Å². The molecule has 10 atom stereocenters. The van der Waals surface area contributed by atoms with E-state index in [2.05, 4.69) is 90.6 Å². The number of aliphatic hydroxyl groups is 1. The lowest BCUT2D eigenvalue weighted by Gasteiger charge is -2.39. The van der Waals surface area contributed by atoms with Crippen LogP contribution in [0.15, 0.2) is 67.3 Å². The maximum Gasteiger partial charge on any atom is 0.534 e. The number of carbonyl (C=O) groups is 4. The highest BCUT2D eigenvalue weighted by Gasteiger charge is 2.51. The number of rotatable bonds is 21. The number of hydrogen-bond donors (Lipinski definition) is 1. The van der Waals surface area contributed by atoms with E-state index in [0.29, 0.717) is 41.4 Å². The summed E-state index contributed by atoms with van der Waals surface area (Å²) in [5.41, 5.74) is -6.72. The van der Waals surface area contributed by atoms with Gasteiger partial charge in [-0.05, 0) is 151 Å². The van der Waals surface area contributed by atoms with Gasteiger partial charge in [0, 0.05) is 76.9 Å². The zero-order valence-electron chi connectivity index (χ0n) is 63.4. The Morgan fingerprint density at radius 2 is 1.04 bits per heavy atom. The maximum absolute atomic E-state index is 13.1. The molecule has 0 saturated carbocycles. The van der Waals surface area contributed by atoms with Gasteiger partial charge in [0.25, 0.3) is 0 Å². The number of fused-ring (bicyclic) bond motifs is 2. The predicted octanol–water partition coefficient (Wildman–Crippen LogP) is 17.1. The second-order valence-corrected chi connectivity index (χ2v) is 37.2. The van der Waals surface area contributed by atoms with Gasteiger partial charge in [-0.1, -0.05) is 91.0 Å². The van der Waals surface area contributed by atoms with Crippen molar-refractivity contribution in [3.8, 4) is 17.2 Å². The van der Waals surface area contributed by atoms with E-state index < -0.39 is 99.8 Å². The van der Waals surface area contributed by atoms with Gasteiger partial charge in [0.05, 0.1) is 41.9 Å². The van der Waals surface area contributed by atoms with Gasteiger partial charge in [0.15, 0.2) is 25.6 Å². The zero-order chi connectivity index (χ0) is 75.9. The van der Waals surface area contributed by atoms with E-state index >= 15 is 0 Å². The number of cyclic esters (lactones) is 2. The van der Waals surface area contributed by atoms with E-state index in [0.717, 1.165) is 17.4 Å². The van der Waals surface area contributed by atoms with Crippen molar-refractivity contribution in [2.24, 2.45) is 23.7 Å². The fraction of sp³-hybridized carbons (Fsp3) is 0.671. The highest BCUT2D eigenvalue weighted by Crippen LogP contribution is 2.45. The lowest BCUT2D eigenvalue weighted by Crippen LogP contribution is -2.44. The topological polar surface area (TPSA) is 240 Å². The van der Waals surface area contributed by atoms with Crippen molar-refractivity contribution >= 4 is 60.0 Å². The summed E-state index contributed by atoms with van der Waals surface area (Å²) >= 11 is 0.